The van der Waals surface area contributed by atoms with Gasteiger partial charge in [-0.1, -0.05) is 120 Å². The van der Waals surface area contributed by atoms with Gasteiger partial charge in [-0.3, -0.25) is 9.59 Å². The highest BCUT2D eigenvalue weighted by Gasteiger charge is 2.71. The van der Waals surface area contributed by atoms with Crippen LogP contribution in [0.3, 0.4) is 0 Å². The Bertz CT molecular complexity index is 1920. The molecule has 1 amide bonds. The number of carbonyl (C=O) groups excluding carboxylic acids is 1. The minimum atomic E-state index is -0.553. The van der Waals surface area contributed by atoms with E-state index < -0.39 is 11.4 Å². The zero-order valence-electron chi connectivity index (χ0n) is 44.7. The molecule has 0 spiro atoms. The van der Waals surface area contributed by atoms with E-state index in [0.717, 1.165) is 103 Å². The molecule has 6 nitrogen and oxygen atoms in total. The van der Waals surface area contributed by atoms with Gasteiger partial charge in [0.1, 0.15) is 0 Å². The number of amides is 1. The lowest BCUT2D eigenvalue weighted by molar-refractivity contribution is -0.205. The Balaban J connectivity index is 0.000000166. The number of fused-ring (bicyclic) bond motifs is 14. The van der Waals surface area contributed by atoms with Crippen LogP contribution in [0.4, 0.5) is 0 Å². The molecule has 0 aromatic heterocycles. The van der Waals surface area contributed by atoms with E-state index >= 15 is 0 Å². The van der Waals surface area contributed by atoms with E-state index in [4.69, 9.17) is 5.73 Å². The van der Waals surface area contributed by atoms with E-state index in [0.29, 0.717) is 29.6 Å². The summed E-state index contributed by atoms with van der Waals surface area (Å²) in [4.78, 5) is 25.7. The Kier molecular flexibility index (Phi) is 11.2. The molecule has 5 N–H and O–H groups in total. The fourth-order valence-corrected chi connectivity index (χ4v) is 21.3. The van der Waals surface area contributed by atoms with Crippen molar-refractivity contribution in [2.75, 3.05) is 0 Å². The summed E-state index contributed by atoms with van der Waals surface area (Å²) >= 11 is 0. The molecule has 10 aliphatic carbocycles. The summed E-state index contributed by atoms with van der Waals surface area (Å²) in [6.45, 7) is 34.1. The lowest BCUT2D eigenvalue weighted by Crippen LogP contribution is -2.65. The van der Waals surface area contributed by atoms with Gasteiger partial charge in [-0.05, 0) is 218 Å². The van der Waals surface area contributed by atoms with E-state index in [1.165, 1.54) is 31.3 Å². The van der Waals surface area contributed by atoms with Crippen molar-refractivity contribution >= 4 is 11.9 Å². The summed E-state index contributed by atoms with van der Waals surface area (Å²) in [7, 11) is 0. The maximum atomic E-state index is 13.0. The first kappa shape index (κ1) is 49.3. The van der Waals surface area contributed by atoms with E-state index in [2.05, 4.69) is 109 Å². The van der Waals surface area contributed by atoms with Gasteiger partial charge in [0.2, 0.25) is 5.91 Å². The molecule has 0 saturated heterocycles. The van der Waals surface area contributed by atoms with Gasteiger partial charge in [0.25, 0.3) is 0 Å². The molecular formula is C60H97NO5. The van der Waals surface area contributed by atoms with Gasteiger partial charge in [0.05, 0.1) is 23.0 Å². The molecule has 0 unspecified atom stereocenters. The third-order valence-corrected chi connectivity index (χ3v) is 26.1. The largest absolute Gasteiger partial charge is 0.481 e. The quantitative estimate of drug-likeness (QED) is 0.206. The molecule has 8 fully saturated rings. The first-order valence-corrected chi connectivity index (χ1v) is 27.6. The molecule has 66 heavy (non-hydrogen) atoms. The van der Waals surface area contributed by atoms with Crippen LogP contribution in [0, 0.1) is 100 Å². The Hall–Kier alpha value is -1.66. The molecule has 372 valence electrons. The molecule has 10 aliphatic rings. The number of rotatable bonds is 2. The summed E-state index contributed by atoms with van der Waals surface area (Å²) in [6.07, 6.45) is 25.9. The number of carbonyl (C=O) groups is 2. The van der Waals surface area contributed by atoms with E-state index in [1.807, 2.05) is 0 Å². The Morgan fingerprint density at radius 2 is 0.848 bits per heavy atom. The molecule has 0 heterocycles. The van der Waals surface area contributed by atoms with Crippen LogP contribution in [-0.4, -0.2) is 39.4 Å². The average molecular weight is 912 g/mol. The summed E-state index contributed by atoms with van der Waals surface area (Å²) in [6, 6.07) is 0. The van der Waals surface area contributed by atoms with Crippen molar-refractivity contribution in [1.82, 2.24) is 0 Å². The second-order valence-electron chi connectivity index (χ2n) is 30.2. The second kappa shape index (κ2) is 14.9. The number of aliphatic hydroxyl groups is 2. The summed E-state index contributed by atoms with van der Waals surface area (Å²) in [5, 5.41) is 32.3. The van der Waals surface area contributed by atoms with Crippen molar-refractivity contribution < 1.29 is 24.9 Å². The van der Waals surface area contributed by atoms with Crippen molar-refractivity contribution in [3.8, 4) is 0 Å². The van der Waals surface area contributed by atoms with E-state index in [-0.39, 0.29) is 83.6 Å². The number of carboxylic acid groups (broad SMARTS) is 1. The number of aliphatic hydroxyl groups excluding tert-OH is 2. The number of aliphatic carboxylic acids is 1. The van der Waals surface area contributed by atoms with Crippen LogP contribution in [0.2, 0.25) is 0 Å². The third-order valence-electron chi connectivity index (χ3n) is 26.1. The maximum Gasteiger partial charge on any atom is 0.310 e. The zero-order chi connectivity index (χ0) is 48.5. The minimum Gasteiger partial charge on any atom is -0.481 e. The van der Waals surface area contributed by atoms with Gasteiger partial charge in [-0.15, -0.1) is 0 Å². The maximum absolute atomic E-state index is 13.0. The van der Waals surface area contributed by atoms with Crippen LogP contribution in [-0.2, 0) is 9.59 Å². The van der Waals surface area contributed by atoms with E-state index in [1.54, 1.807) is 5.57 Å². The lowest BCUT2D eigenvalue weighted by Gasteiger charge is -2.71. The van der Waals surface area contributed by atoms with Gasteiger partial charge in [0, 0.05) is 0 Å². The fraction of sp³-hybridized carbons (Fsp3) is 0.900. The highest BCUT2D eigenvalue weighted by Crippen LogP contribution is 2.78. The molecule has 10 rings (SSSR count). The zero-order valence-corrected chi connectivity index (χ0v) is 44.7. The normalized spacial score (nSPS) is 52.4. The smallest absolute Gasteiger partial charge is 0.310 e. The van der Waals surface area contributed by atoms with Crippen LogP contribution in [0.1, 0.15) is 225 Å². The van der Waals surface area contributed by atoms with Gasteiger partial charge < -0.3 is 21.1 Å². The summed E-state index contributed by atoms with van der Waals surface area (Å²) in [5.74, 6) is 2.29. The van der Waals surface area contributed by atoms with Crippen molar-refractivity contribution in [2.45, 2.75) is 238 Å². The Morgan fingerprint density at radius 3 is 1.24 bits per heavy atom. The molecule has 0 radical (unpaired) electrons. The van der Waals surface area contributed by atoms with Gasteiger partial charge in [0.15, 0.2) is 0 Å². The summed E-state index contributed by atoms with van der Waals surface area (Å²) < 4.78 is 0. The van der Waals surface area contributed by atoms with Crippen molar-refractivity contribution in [2.24, 2.45) is 106 Å². The third kappa shape index (κ3) is 6.34. The van der Waals surface area contributed by atoms with Crippen molar-refractivity contribution in [3.63, 3.8) is 0 Å². The number of primary amides is 1. The van der Waals surface area contributed by atoms with Crippen molar-refractivity contribution in [3.05, 3.63) is 23.3 Å². The topological polar surface area (TPSA) is 121 Å². The monoisotopic (exact) mass is 912 g/mol. The molecule has 16 atom stereocenters. The highest BCUT2D eigenvalue weighted by atomic mass is 16.4. The second-order valence-corrected chi connectivity index (χ2v) is 30.2. The molecule has 0 aromatic rings. The Morgan fingerprint density at radius 1 is 0.485 bits per heavy atom. The SMILES string of the molecule is CC1(C)CC[C@]2(C(=O)O)CC[C@]3(C)C(=CC[C@@H]4[C@@]5(C)CC[C@H](O)C(C)(C)[C@@H]5CC[C@]43C)[C@@H]2C1.CC1(C)CC[C@]2(C(N)=O)CC[C@]3(C)C(=CC[C@@H]4[C@@]5(C)CC[C@H](O)C(C)(C)[C@@H]5CC[C@]43C)[C@@H]2C1. The van der Waals surface area contributed by atoms with Crippen LogP contribution in [0.5, 0.6) is 0 Å². The molecule has 0 bridgehead atoms. The predicted molar refractivity (Wildman–Crippen MR) is 267 cm³/mol. The number of nitrogens with two attached hydrogens (primary N) is 1. The number of carboxylic acids is 1. The van der Waals surface area contributed by atoms with Crippen molar-refractivity contribution in [1.29, 1.82) is 0 Å². The molecule has 8 saturated carbocycles. The number of allylic oxidation sites excluding steroid dienone is 4. The van der Waals surface area contributed by atoms with Gasteiger partial charge in [-0.2, -0.15) is 0 Å². The van der Waals surface area contributed by atoms with Crippen LogP contribution in [0.15, 0.2) is 23.3 Å². The standard InChI is InChI=1S/C30H49NO2.C30H48O3/c1-25(2)14-16-30(24(31)33)17-15-28(6)19(20(30)18-25)8-9-22-27(5)12-11-23(32)26(3,4)21(27)10-13-29(22,28)7;1-25(2)14-16-30(24(32)33)17-15-28(6)19(20(30)18-25)8-9-22-27(5)12-11-23(31)26(3,4)21(27)10-13-29(22,28)7/h8,20-23,32H,9-18H2,1-7H3,(H2,31,33);8,20-23,31H,9-18H2,1-7H3,(H,32,33)/t2*20-,21-,22+,23-,27-,28+,29+,30-/m00/s1. The van der Waals surface area contributed by atoms with Gasteiger partial charge >= 0.3 is 5.97 Å². The predicted octanol–water partition coefficient (Wildman–Crippen LogP) is 13.9. The first-order valence-electron chi connectivity index (χ1n) is 27.6. The average Bonchev–Trinajstić information content (AvgIpc) is 3.21. The molecule has 6 heteroatoms. The van der Waals surface area contributed by atoms with Crippen LogP contribution < -0.4 is 5.73 Å². The summed E-state index contributed by atoms with van der Waals surface area (Å²) in [5.41, 5.74) is 10.0. The molecule has 0 aliphatic heterocycles. The number of hydrogen-bond donors (Lipinski definition) is 4. The first-order chi connectivity index (χ1) is 30.3. The number of hydrogen-bond acceptors (Lipinski definition) is 4. The molecular weight excluding hydrogens is 815 g/mol. The minimum absolute atomic E-state index is 0.0136. The molecule has 0 aromatic carbocycles. The lowest BCUT2D eigenvalue weighted by atomic mass is 9.33. The fourth-order valence-electron chi connectivity index (χ4n) is 21.3. The van der Waals surface area contributed by atoms with Gasteiger partial charge in [-0.25, -0.2) is 0 Å². The van der Waals surface area contributed by atoms with Crippen LogP contribution in [0.25, 0.3) is 0 Å². The van der Waals surface area contributed by atoms with Crippen LogP contribution >= 0.6 is 0 Å². The van der Waals surface area contributed by atoms with E-state index in [9.17, 15) is 24.9 Å². The highest BCUT2D eigenvalue weighted by molar-refractivity contribution is 5.82. The Labute approximate surface area is 402 Å².